The van der Waals surface area contributed by atoms with Crippen LogP contribution in [-0.2, 0) is 4.79 Å². The monoisotopic (exact) mass is 268 g/mol. The van der Waals surface area contributed by atoms with Gasteiger partial charge in [0.15, 0.2) is 0 Å². The van der Waals surface area contributed by atoms with Crippen molar-refractivity contribution in [1.82, 2.24) is 5.32 Å². The van der Waals surface area contributed by atoms with E-state index in [0.29, 0.717) is 0 Å². The summed E-state index contributed by atoms with van der Waals surface area (Å²) in [6.45, 7) is 1.99. The van der Waals surface area contributed by atoms with E-state index in [9.17, 15) is 10.1 Å². The Balaban J connectivity index is 2.07. The summed E-state index contributed by atoms with van der Waals surface area (Å²) in [5.41, 5.74) is 2.19. The Kier molecular flexibility index (Phi) is 4.95. The van der Waals surface area contributed by atoms with Crippen molar-refractivity contribution in [3.05, 3.63) is 41.0 Å². The maximum Gasteiger partial charge on any atom is 0.262 e. The molecule has 1 amide bonds. The standard InChI is InChI=1S/C17H20N2O/c1-13-6-5-7-14(10-13)11-15(12-18)17(20)19-16-8-3-2-4-9-16/h5-7,10-11,16H,2-4,8-9H2,1H3,(H,19,20)/b15-11+. The highest BCUT2D eigenvalue weighted by molar-refractivity contribution is 6.01. The molecule has 1 fully saturated rings. The Labute approximate surface area is 120 Å². The fourth-order valence-electron chi connectivity index (χ4n) is 2.59. The molecule has 0 atom stereocenters. The molecule has 0 bridgehead atoms. The summed E-state index contributed by atoms with van der Waals surface area (Å²) < 4.78 is 0. The van der Waals surface area contributed by atoms with Gasteiger partial charge >= 0.3 is 0 Å². The largest absolute Gasteiger partial charge is 0.349 e. The van der Waals surface area contributed by atoms with Crippen LogP contribution in [0.3, 0.4) is 0 Å². The molecule has 3 heteroatoms. The van der Waals surface area contributed by atoms with Crippen LogP contribution in [0.15, 0.2) is 29.8 Å². The lowest BCUT2D eigenvalue weighted by Gasteiger charge is -2.22. The van der Waals surface area contributed by atoms with E-state index in [1.807, 2.05) is 37.3 Å². The van der Waals surface area contributed by atoms with Gasteiger partial charge in [-0.2, -0.15) is 5.26 Å². The van der Waals surface area contributed by atoms with Gasteiger partial charge in [0.1, 0.15) is 11.6 Å². The fourth-order valence-corrected chi connectivity index (χ4v) is 2.59. The van der Waals surface area contributed by atoms with E-state index in [2.05, 4.69) is 5.32 Å². The number of rotatable bonds is 3. The number of hydrogen-bond acceptors (Lipinski definition) is 2. The molecule has 1 N–H and O–H groups in total. The minimum absolute atomic E-state index is 0.182. The second-order valence-corrected chi connectivity index (χ2v) is 5.39. The van der Waals surface area contributed by atoms with Crippen molar-refractivity contribution in [3.8, 4) is 6.07 Å². The number of amides is 1. The summed E-state index contributed by atoms with van der Waals surface area (Å²) in [6.07, 6.45) is 7.27. The van der Waals surface area contributed by atoms with Crippen molar-refractivity contribution in [2.45, 2.75) is 45.1 Å². The summed E-state index contributed by atoms with van der Waals surface area (Å²) in [5, 5.41) is 12.2. The van der Waals surface area contributed by atoms with E-state index in [4.69, 9.17) is 0 Å². The first-order chi connectivity index (χ1) is 9.69. The number of aryl methyl sites for hydroxylation is 1. The zero-order chi connectivity index (χ0) is 14.4. The predicted octanol–water partition coefficient (Wildman–Crippen LogP) is 3.35. The molecule has 0 aromatic heterocycles. The van der Waals surface area contributed by atoms with Crippen molar-refractivity contribution in [2.24, 2.45) is 0 Å². The second kappa shape index (κ2) is 6.91. The van der Waals surface area contributed by atoms with Crippen molar-refractivity contribution >= 4 is 12.0 Å². The van der Waals surface area contributed by atoms with E-state index >= 15 is 0 Å². The van der Waals surface area contributed by atoms with E-state index in [-0.39, 0.29) is 17.5 Å². The van der Waals surface area contributed by atoms with Crippen LogP contribution in [0.1, 0.15) is 43.2 Å². The van der Waals surface area contributed by atoms with Crippen molar-refractivity contribution < 1.29 is 4.79 Å². The third-order valence-electron chi connectivity index (χ3n) is 3.66. The molecular weight excluding hydrogens is 248 g/mol. The topological polar surface area (TPSA) is 52.9 Å². The van der Waals surface area contributed by atoms with Gasteiger partial charge in [-0.15, -0.1) is 0 Å². The van der Waals surface area contributed by atoms with E-state index in [1.165, 1.54) is 6.42 Å². The average Bonchev–Trinajstić information content (AvgIpc) is 2.46. The number of nitrogens with one attached hydrogen (secondary N) is 1. The van der Waals surface area contributed by atoms with Crippen LogP contribution in [-0.4, -0.2) is 11.9 Å². The Morgan fingerprint density at radius 2 is 2.10 bits per heavy atom. The summed E-state index contributed by atoms with van der Waals surface area (Å²) in [7, 11) is 0. The Morgan fingerprint density at radius 3 is 2.75 bits per heavy atom. The highest BCUT2D eigenvalue weighted by Gasteiger charge is 2.17. The van der Waals surface area contributed by atoms with Crippen molar-refractivity contribution in [1.29, 1.82) is 5.26 Å². The van der Waals surface area contributed by atoms with Gasteiger partial charge in [-0.1, -0.05) is 49.1 Å². The Hall–Kier alpha value is -2.08. The highest BCUT2D eigenvalue weighted by Crippen LogP contribution is 2.18. The number of hydrogen-bond donors (Lipinski definition) is 1. The van der Waals surface area contributed by atoms with Crippen molar-refractivity contribution in [3.63, 3.8) is 0 Å². The molecule has 0 radical (unpaired) electrons. The summed E-state index contributed by atoms with van der Waals surface area (Å²) in [5.74, 6) is -0.249. The molecule has 1 aromatic rings. The lowest BCUT2D eigenvalue weighted by atomic mass is 9.95. The third-order valence-corrected chi connectivity index (χ3v) is 3.66. The minimum atomic E-state index is -0.249. The Bertz CT molecular complexity index is 548. The maximum atomic E-state index is 12.1. The fraction of sp³-hybridized carbons (Fsp3) is 0.412. The van der Waals surface area contributed by atoms with Gasteiger partial charge in [0.2, 0.25) is 0 Å². The number of nitriles is 1. The molecule has 3 nitrogen and oxygen atoms in total. The van der Waals surface area contributed by atoms with Crippen LogP contribution < -0.4 is 5.32 Å². The molecule has 1 aliphatic carbocycles. The Morgan fingerprint density at radius 1 is 1.35 bits per heavy atom. The average molecular weight is 268 g/mol. The molecule has 0 spiro atoms. The van der Waals surface area contributed by atoms with Crippen LogP contribution in [0, 0.1) is 18.3 Å². The van der Waals surface area contributed by atoms with Gasteiger partial charge in [-0.3, -0.25) is 4.79 Å². The summed E-state index contributed by atoms with van der Waals surface area (Å²) in [4.78, 5) is 12.1. The third kappa shape index (κ3) is 3.96. The van der Waals surface area contributed by atoms with Crippen LogP contribution in [0.4, 0.5) is 0 Å². The second-order valence-electron chi connectivity index (χ2n) is 5.39. The molecule has 104 valence electrons. The van der Waals surface area contributed by atoms with Crippen LogP contribution in [0.5, 0.6) is 0 Å². The van der Waals surface area contributed by atoms with Gasteiger partial charge in [0.25, 0.3) is 5.91 Å². The SMILES string of the molecule is Cc1cccc(/C=C(\C#N)C(=O)NC2CCCCC2)c1. The first-order valence-corrected chi connectivity index (χ1v) is 7.18. The smallest absolute Gasteiger partial charge is 0.262 e. The molecule has 0 aliphatic heterocycles. The molecule has 2 rings (SSSR count). The lowest BCUT2D eigenvalue weighted by Crippen LogP contribution is -2.36. The molecule has 1 aliphatic rings. The van der Waals surface area contributed by atoms with Crippen LogP contribution in [0.25, 0.3) is 6.08 Å². The maximum absolute atomic E-state index is 12.1. The van der Waals surface area contributed by atoms with Gasteiger partial charge in [0, 0.05) is 6.04 Å². The zero-order valence-corrected chi connectivity index (χ0v) is 11.9. The van der Waals surface area contributed by atoms with Crippen molar-refractivity contribution in [2.75, 3.05) is 0 Å². The predicted molar refractivity (Wildman–Crippen MR) is 79.8 cm³/mol. The van der Waals surface area contributed by atoms with Gasteiger partial charge in [-0.25, -0.2) is 0 Å². The van der Waals surface area contributed by atoms with E-state index in [1.54, 1.807) is 6.08 Å². The quantitative estimate of drug-likeness (QED) is 0.675. The van der Waals surface area contributed by atoms with E-state index in [0.717, 1.165) is 36.8 Å². The zero-order valence-electron chi connectivity index (χ0n) is 11.9. The molecule has 0 saturated heterocycles. The number of nitrogens with zero attached hydrogens (tertiary/aromatic N) is 1. The summed E-state index contributed by atoms with van der Waals surface area (Å²) in [6, 6.07) is 10.0. The molecule has 0 unspecified atom stereocenters. The van der Waals surface area contributed by atoms with Crippen LogP contribution >= 0.6 is 0 Å². The number of benzene rings is 1. The highest BCUT2D eigenvalue weighted by atomic mass is 16.1. The first-order valence-electron chi connectivity index (χ1n) is 7.18. The lowest BCUT2D eigenvalue weighted by molar-refractivity contribution is -0.117. The normalized spacial score (nSPS) is 16.5. The van der Waals surface area contributed by atoms with Gasteiger partial charge < -0.3 is 5.32 Å². The van der Waals surface area contributed by atoms with E-state index < -0.39 is 0 Å². The minimum Gasteiger partial charge on any atom is -0.349 e. The molecular formula is C17H20N2O. The molecule has 20 heavy (non-hydrogen) atoms. The molecule has 1 saturated carbocycles. The number of carbonyl (C=O) groups excluding carboxylic acids is 1. The van der Waals surface area contributed by atoms with Crippen LogP contribution in [0.2, 0.25) is 0 Å². The molecule has 0 heterocycles. The van der Waals surface area contributed by atoms with Gasteiger partial charge in [-0.05, 0) is 31.4 Å². The number of carbonyl (C=O) groups is 1. The molecule has 1 aromatic carbocycles. The summed E-state index contributed by atoms with van der Waals surface area (Å²) >= 11 is 0. The van der Waals surface area contributed by atoms with Gasteiger partial charge in [0.05, 0.1) is 0 Å². The first kappa shape index (κ1) is 14.3.